The van der Waals surface area contributed by atoms with Crippen LogP contribution in [0.2, 0.25) is 6.32 Å². The molecule has 0 unspecified atom stereocenters. The fourth-order valence-corrected chi connectivity index (χ4v) is 2.77. The van der Waals surface area contributed by atoms with Crippen molar-refractivity contribution in [3.05, 3.63) is 35.4 Å². The molecule has 8 heteroatoms. The SMILES string of the molecule is O=C(O)c1ccc(CS(=O)(=O)CCB(O)O)cc1. The molecule has 6 nitrogen and oxygen atoms in total. The van der Waals surface area contributed by atoms with Crippen LogP contribution in [-0.2, 0) is 15.6 Å². The summed E-state index contributed by atoms with van der Waals surface area (Å²) in [7, 11) is -5.07. The molecule has 0 heterocycles. The fraction of sp³-hybridized carbons (Fsp3) is 0.300. The van der Waals surface area contributed by atoms with Gasteiger partial charge in [-0.15, -0.1) is 0 Å². The van der Waals surface area contributed by atoms with Crippen LogP contribution < -0.4 is 0 Å². The zero-order valence-corrected chi connectivity index (χ0v) is 10.3. The van der Waals surface area contributed by atoms with E-state index in [2.05, 4.69) is 0 Å². The summed E-state index contributed by atoms with van der Waals surface area (Å²) in [5, 5.41) is 25.9. The van der Waals surface area contributed by atoms with E-state index in [0.29, 0.717) is 5.56 Å². The van der Waals surface area contributed by atoms with E-state index in [-0.39, 0.29) is 23.4 Å². The predicted molar refractivity (Wildman–Crippen MR) is 65.9 cm³/mol. The van der Waals surface area contributed by atoms with Gasteiger partial charge in [-0.25, -0.2) is 13.2 Å². The maximum absolute atomic E-state index is 11.6. The van der Waals surface area contributed by atoms with Gasteiger partial charge in [0.15, 0.2) is 9.84 Å². The van der Waals surface area contributed by atoms with Crippen LogP contribution in [0, 0.1) is 0 Å². The number of carbonyl (C=O) groups is 1. The number of sulfone groups is 1. The smallest absolute Gasteiger partial charge is 0.452 e. The number of rotatable bonds is 6. The van der Waals surface area contributed by atoms with Gasteiger partial charge in [0.2, 0.25) is 0 Å². The minimum atomic E-state index is -3.43. The first-order chi connectivity index (χ1) is 8.30. The molecule has 98 valence electrons. The molecule has 1 rings (SSSR count). The first-order valence-corrected chi connectivity index (χ1v) is 7.01. The van der Waals surface area contributed by atoms with Crippen LogP contribution in [0.5, 0.6) is 0 Å². The summed E-state index contributed by atoms with van der Waals surface area (Å²) in [4.78, 5) is 10.6. The van der Waals surface area contributed by atoms with Crippen molar-refractivity contribution in [1.29, 1.82) is 0 Å². The molecule has 1 aromatic rings. The molecular formula is C10H13BO6S. The van der Waals surface area contributed by atoms with E-state index < -0.39 is 22.9 Å². The van der Waals surface area contributed by atoms with E-state index in [1.165, 1.54) is 24.3 Å². The van der Waals surface area contributed by atoms with Gasteiger partial charge in [0, 0.05) is 5.75 Å². The maximum atomic E-state index is 11.6. The topological polar surface area (TPSA) is 112 Å². The lowest BCUT2D eigenvalue weighted by molar-refractivity contribution is 0.0697. The molecule has 0 saturated heterocycles. The Hall–Kier alpha value is -1.38. The standard InChI is InChI=1S/C10H13BO6S/c12-10(13)9-3-1-8(2-4-9)7-18(16,17)6-5-11(14)15/h1-4,14-15H,5-7H2,(H,12,13). The first-order valence-electron chi connectivity index (χ1n) is 5.19. The fourth-order valence-electron chi connectivity index (χ4n) is 1.35. The van der Waals surface area contributed by atoms with E-state index in [4.69, 9.17) is 15.2 Å². The zero-order chi connectivity index (χ0) is 13.8. The van der Waals surface area contributed by atoms with Gasteiger partial charge in [0.25, 0.3) is 0 Å². The number of carboxylic acids is 1. The van der Waals surface area contributed by atoms with Crippen molar-refractivity contribution in [2.45, 2.75) is 12.1 Å². The highest BCUT2D eigenvalue weighted by Crippen LogP contribution is 2.10. The van der Waals surface area contributed by atoms with Gasteiger partial charge in [0.1, 0.15) is 0 Å². The van der Waals surface area contributed by atoms with E-state index in [0.717, 1.165) is 0 Å². The third kappa shape index (κ3) is 4.86. The van der Waals surface area contributed by atoms with Crippen molar-refractivity contribution < 1.29 is 28.4 Å². The Morgan fingerprint density at radius 2 is 1.72 bits per heavy atom. The number of aromatic carboxylic acids is 1. The van der Waals surface area contributed by atoms with E-state index in [1.54, 1.807) is 0 Å². The Balaban J connectivity index is 2.69. The van der Waals surface area contributed by atoms with Gasteiger partial charge in [-0.3, -0.25) is 0 Å². The van der Waals surface area contributed by atoms with Gasteiger partial charge in [-0.1, -0.05) is 12.1 Å². The van der Waals surface area contributed by atoms with Gasteiger partial charge >= 0.3 is 13.1 Å². The quantitative estimate of drug-likeness (QED) is 0.617. The second kappa shape index (κ2) is 5.99. The lowest BCUT2D eigenvalue weighted by atomic mass is 9.88. The molecule has 0 amide bonds. The summed E-state index contributed by atoms with van der Waals surface area (Å²) in [5.41, 5.74) is 0.550. The Morgan fingerprint density at radius 1 is 1.17 bits per heavy atom. The number of hydrogen-bond donors (Lipinski definition) is 3. The van der Waals surface area contributed by atoms with Crippen molar-refractivity contribution in [2.24, 2.45) is 0 Å². The molecule has 0 aliphatic heterocycles. The molecule has 18 heavy (non-hydrogen) atoms. The maximum Gasteiger partial charge on any atom is 0.452 e. The molecular weight excluding hydrogens is 259 g/mol. The van der Waals surface area contributed by atoms with Crippen molar-refractivity contribution >= 4 is 22.9 Å². The molecule has 0 fully saturated rings. The Labute approximate surface area is 105 Å². The predicted octanol–water partition coefficient (Wildman–Crippen LogP) is -0.228. The Kier molecular flexibility index (Phi) is 4.89. The van der Waals surface area contributed by atoms with Crippen LogP contribution in [0.3, 0.4) is 0 Å². The second-order valence-electron chi connectivity index (χ2n) is 3.86. The molecule has 0 bridgehead atoms. The van der Waals surface area contributed by atoms with Crippen LogP contribution in [0.1, 0.15) is 15.9 Å². The largest absolute Gasteiger partial charge is 0.478 e. The number of benzene rings is 1. The second-order valence-corrected chi connectivity index (χ2v) is 6.05. The van der Waals surface area contributed by atoms with Crippen molar-refractivity contribution in [1.82, 2.24) is 0 Å². The number of hydrogen-bond acceptors (Lipinski definition) is 5. The van der Waals surface area contributed by atoms with Crippen LogP contribution in [0.4, 0.5) is 0 Å². The van der Waals surface area contributed by atoms with Crippen LogP contribution >= 0.6 is 0 Å². The van der Waals surface area contributed by atoms with Crippen LogP contribution in [-0.4, -0.2) is 42.4 Å². The highest BCUT2D eigenvalue weighted by molar-refractivity contribution is 7.90. The molecule has 0 aliphatic carbocycles. The summed E-state index contributed by atoms with van der Waals surface area (Å²) in [6.07, 6.45) is -0.241. The minimum absolute atomic E-state index is 0.0851. The molecule has 1 aromatic carbocycles. The molecule has 0 aliphatic rings. The highest BCUT2D eigenvalue weighted by Gasteiger charge is 2.16. The molecule has 0 spiro atoms. The molecule has 0 radical (unpaired) electrons. The Morgan fingerprint density at radius 3 is 2.17 bits per heavy atom. The van der Waals surface area contributed by atoms with Crippen molar-refractivity contribution in [2.75, 3.05) is 5.75 Å². The summed E-state index contributed by atoms with van der Waals surface area (Å²) >= 11 is 0. The third-order valence-electron chi connectivity index (χ3n) is 2.27. The summed E-state index contributed by atoms with van der Waals surface area (Å²) in [6, 6.07) is 5.51. The normalized spacial score (nSPS) is 11.2. The van der Waals surface area contributed by atoms with E-state index >= 15 is 0 Å². The molecule has 0 saturated carbocycles. The van der Waals surface area contributed by atoms with Crippen LogP contribution in [0.15, 0.2) is 24.3 Å². The monoisotopic (exact) mass is 272 g/mol. The molecule has 3 N–H and O–H groups in total. The van der Waals surface area contributed by atoms with Gasteiger partial charge in [0.05, 0.1) is 11.3 Å². The summed E-state index contributed by atoms with van der Waals surface area (Å²) in [5.74, 6) is -1.65. The minimum Gasteiger partial charge on any atom is -0.478 e. The lowest BCUT2D eigenvalue weighted by Crippen LogP contribution is -2.18. The summed E-state index contributed by atoms with van der Waals surface area (Å²) in [6.45, 7) is 0. The average Bonchev–Trinajstić information content (AvgIpc) is 2.27. The average molecular weight is 272 g/mol. The van der Waals surface area contributed by atoms with E-state index in [9.17, 15) is 13.2 Å². The zero-order valence-electron chi connectivity index (χ0n) is 9.48. The number of carboxylic acid groups (broad SMARTS) is 1. The van der Waals surface area contributed by atoms with Crippen molar-refractivity contribution in [3.8, 4) is 0 Å². The van der Waals surface area contributed by atoms with Crippen molar-refractivity contribution in [3.63, 3.8) is 0 Å². The third-order valence-corrected chi connectivity index (χ3v) is 3.91. The summed E-state index contributed by atoms with van der Waals surface area (Å²) < 4.78 is 23.2. The Bertz CT molecular complexity index is 508. The highest BCUT2D eigenvalue weighted by atomic mass is 32.2. The molecule has 0 atom stereocenters. The van der Waals surface area contributed by atoms with Crippen LogP contribution in [0.25, 0.3) is 0 Å². The van der Waals surface area contributed by atoms with E-state index in [1.807, 2.05) is 0 Å². The lowest BCUT2D eigenvalue weighted by Gasteiger charge is -2.04. The first kappa shape index (κ1) is 14.7. The van der Waals surface area contributed by atoms with Gasteiger partial charge in [-0.2, -0.15) is 0 Å². The molecule has 0 aromatic heterocycles. The van der Waals surface area contributed by atoms with Gasteiger partial charge < -0.3 is 15.2 Å². The van der Waals surface area contributed by atoms with Gasteiger partial charge in [-0.05, 0) is 24.0 Å².